The summed E-state index contributed by atoms with van der Waals surface area (Å²) in [6, 6.07) is 5.51. The Bertz CT molecular complexity index is 467. The summed E-state index contributed by atoms with van der Waals surface area (Å²) in [5.74, 6) is 0. The molecule has 0 radical (unpaired) electrons. The predicted molar refractivity (Wildman–Crippen MR) is 82.6 cm³/mol. The monoisotopic (exact) mass is 319 g/mol. The van der Waals surface area contributed by atoms with Crippen LogP contribution in [-0.4, -0.2) is 22.0 Å². The van der Waals surface area contributed by atoms with Crippen LogP contribution in [0.25, 0.3) is 0 Å². The van der Waals surface area contributed by atoms with E-state index in [2.05, 4.69) is 12.2 Å². The van der Waals surface area contributed by atoms with Crippen LogP contribution in [0.5, 0.6) is 0 Å². The van der Waals surface area contributed by atoms with Crippen molar-refractivity contribution < 1.29 is 4.21 Å². The average Bonchev–Trinajstić information content (AvgIpc) is 2.86. The molecule has 0 heterocycles. The molecule has 1 aromatic rings. The topological polar surface area (TPSA) is 29.1 Å². The van der Waals surface area contributed by atoms with Gasteiger partial charge in [0.1, 0.15) is 0 Å². The Morgan fingerprint density at radius 1 is 1.37 bits per heavy atom. The lowest BCUT2D eigenvalue weighted by atomic mass is 10.2. The van der Waals surface area contributed by atoms with Crippen molar-refractivity contribution in [2.45, 2.75) is 48.8 Å². The maximum atomic E-state index is 12.7. The second kappa shape index (κ2) is 7.07. The number of rotatable bonds is 5. The maximum absolute atomic E-state index is 12.7. The molecule has 3 atom stereocenters. The lowest BCUT2D eigenvalue weighted by molar-refractivity contribution is 0.523. The van der Waals surface area contributed by atoms with Crippen molar-refractivity contribution in [2.75, 3.05) is 6.54 Å². The van der Waals surface area contributed by atoms with E-state index in [-0.39, 0.29) is 5.25 Å². The molecule has 0 bridgehead atoms. The SMILES string of the molecule is CCCNC1CCCC1S(=O)c1cc(Cl)ccc1Cl. The number of hydrogen-bond donors (Lipinski definition) is 1. The summed E-state index contributed by atoms with van der Waals surface area (Å²) in [5.41, 5.74) is 0. The minimum atomic E-state index is -1.09. The van der Waals surface area contributed by atoms with Gasteiger partial charge < -0.3 is 5.32 Å². The van der Waals surface area contributed by atoms with Crippen molar-refractivity contribution >= 4 is 34.0 Å². The highest BCUT2D eigenvalue weighted by molar-refractivity contribution is 7.86. The van der Waals surface area contributed by atoms with Gasteiger partial charge in [-0.1, -0.05) is 36.5 Å². The van der Waals surface area contributed by atoms with Gasteiger partial charge in [0.15, 0.2) is 0 Å². The van der Waals surface area contributed by atoms with Crippen LogP contribution in [0.1, 0.15) is 32.6 Å². The molecule has 5 heteroatoms. The van der Waals surface area contributed by atoms with Gasteiger partial charge in [0.2, 0.25) is 0 Å². The van der Waals surface area contributed by atoms with Gasteiger partial charge in [-0.2, -0.15) is 0 Å². The molecular weight excluding hydrogens is 301 g/mol. The summed E-state index contributed by atoms with van der Waals surface area (Å²) < 4.78 is 12.7. The summed E-state index contributed by atoms with van der Waals surface area (Å²) >= 11 is 12.1. The zero-order valence-corrected chi connectivity index (χ0v) is 13.3. The van der Waals surface area contributed by atoms with Crippen molar-refractivity contribution in [3.63, 3.8) is 0 Å². The summed E-state index contributed by atoms with van der Waals surface area (Å²) in [6.45, 7) is 3.11. The highest BCUT2D eigenvalue weighted by atomic mass is 35.5. The standard InChI is InChI=1S/C14H19Cl2NOS/c1-2-8-17-12-4-3-5-13(12)19(18)14-9-10(15)6-7-11(14)16/h6-7,9,12-13,17H,2-5,8H2,1H3. The molecule has 2 nitrogen and oxygen atoms in total. The molecule has 1 aliphatic rings. The van der Waals surface area contributed by atoms with E-state index < -0.39 is 10.8 Å². The summed E-state index contributed by atoms with van der Waals surface area (Å²) in [6.07, 6.45) is 4.29. The molecule has 1 aliphatic carbocycles. The highest BCUT2D eigenvalue weighted by Crippen LogP contribution is 2.32. The minimum Gasteiger partial charge on any atom is -0.313 e. The number of nitrogens with one attached hydrogen (secondary N) is 1. The molecule has 0 aliphatic heterocycles. The lowest BCUT2D eigenvalue weighted by Crippen LogP contribution is -2.38. The normalized spacial score (nSPS) is 24.6. The van der Waals surface area contributed by atoms with Crippen LogP contribution >= 0.6 is 23.2 Å². The third-order valence-corrected chi connectivity index (χ3v) is 6.06. The molecule has 1 N–H and O–H groups in total. The molecule has 3 unspecified atom stereocenters. The fourth-order valence-electron chi connectivity index (χ4n) is 2.54. The average molecular weight is 320 g/mol. The zero-order valence-electron chi connectivity index (χ0n) is 11.0. The van der Waals surface area contributed by atoms with E-state index in [1.165, 1.54) is 0 Å². The van der Waals surface area contributed by atoms with Gasteiger partial charge in [-0.3, -0.25) is 4.21 Å². The van der Waals surface area contributed by atoms with E-state index in [0.717, 1.165) is 32.2 Å². The number of hydrogen-bond acceptors (Lipinski definition) is 2. The quantitative estimate of drug-likeness (QED) is 0.888. The Hall–Kier alpha value is -0.0900. The van der Waals surface area contributed by atoms with E-state index >= 15 is 0 Å². The van der Waals surface area contributed by atoms with Crippen LogP contribution in [-0.2, 0) is 10.8 Å². The molecule has 106 valence electrons. The molecule has 0 spiro atoms. The Balaban J connectivity index is 2.16. The second-order valence-corrected chi connectivity index (χ2v) is 7.39. The minimum absolute atomic E-state index is 0.141. The fraction of sp³-hybridized carbons (Fsp3) is 0.571. The first-order valence-corrected chi connectivity index (χ1v) is 8.69. The predicted octanol–water partition coefficient (Wildman–Crippen LogP) is 4.02. The van der Waals surface area contributed by atoms with E-state index in [0.29, 0.717) is 21.0 Å². The van der Waals surface area contributed by atoms with Crippen molar-refractivity contribution in [1.29, 1.82) is 0 Å². The smallest absolute Gasteiger partial charge is 0.0592 e. The van der Waals surface area contributed by atoms with Crippen LogP contribution in [0.2, 0.25) is 10.0 Å². The van der Waals surface area contributed by atoms with Crippen molar-refractivity contribution in [2.24, 2.45) is 0 Å². The van der Waals surface area contributed by atoms with Crippen LogP contribution in [0, 0.1) is 0 Å². The largest absolute Gasteiger partial charge is 0.313 e. The molecule has 0 aromatic heterocycles. The van der Waals surface area contributed by atoms with Crippen molar-refractivity contribution in [3.8, 4) is 0 Å². The van der Waals surface area contributed by atoms with Gasteiger partial charge in [0.05, 0.1) is 26.0 Å². The van der Waals surface area contributed by atoms with E-state index in [9.17, 15) is 4.21 Å². The Morgan fingerprint density at radius 3 is 2.89 bits per heavy atom. The first kappa shape index (κ1) is 15.3. The zero-order chi connectivity index (χ0) is 13.8. The van der Waals surface area contributed by atoms with Crippen LogP contribution < -0.4 is 5.32 Å². The Morgan fingerprint density at radius 2 is 2.16 bits per heavy atom. The summed E-state index contributed by atoms with van der Waals surface area (Å²) in [4.78, 5) is 0.671. The molecule has 19 heavy (non-hydrogen) atoms. The third kappa shape index (κ3) is 3.72. The number of benzene rings is 1. The molecule has 0 saturated heterocycles. The fourth-order valence-corrected chi connectivity index (χ4v) is 4.86. The molecule has 0 amide bonds. The van der Waals surface area contributed by atoms with E-state index in [4.69, 9.17) is 23.2 Å². The van der Waals surface area contributed by atoms with Gasteiger partial charge in [-0.05, 0) is 44.0 Å². The third-order valence-electron chi connectivity index (χ3n) is 3.49. The van der Waals surface area contributed by atoms with Gasteiger partial charge in [0, 0.05) is 11.1 Å². The van der Waals surface area contributed by atoms with Crippen LogP contribution in [0.4, 0.5) is 0 Å². The Kier molecular flexibility index (Phi) is 5.70. The van der Waals surface area contributed by atoms with Crippen molar-refractivity contribution in [1.82, 2.24) is 5.32 Å². The first-order valence-electron chi connectivity index (χ1n) is 6.72. The van der Waals surface area contributed by atoms with Crippen molar-refractivity contribution in [3.05, 3.63) is 28.2 Å². The van der Waals surface area contributed by atoms with Gasteiger partial charge in [-0.25, -0.2) is 0 Å². The van der Waals surface area contributed by atoms with Gasteiger partial charge in [-0.15, -0.1) is 0 Å². The summed E-state index contributed by atoms with van der Waals surface area (Å²) in [5, 5.41) is 4.77. The van der Waals surface area contributed by atoms with Gasteiger partial charge >= 0.3 is 0 Å². The molecular formula is C14H19Cl2NOS. The second-order valence-electron chi connectivity index (χ2n) is 4.90. The molecule has 1 fully saturated rings. The van der Waals surface area contributed by atoms with E-state index in [1.807, 2.05) is 0 Å². The maximum Gasteiger partial charge on any atom is 0.0592 e. The molecule has 2 rings (SSSR count). The van der Waals surface area contributed by atoms with E-state index in [1.54, 1.807) is 18.2 Å². The number of halogens is 2. The molecule has 1 saturated carbocycles. The van der Waals surface area contributed by atoms with Crippen LogP contribution in [0.3, 0.4) is 0 Å². The Labute approximate surface area is 127 Å². The highest BCUT2D eigenvalue weighted by Gasteiger charge is 2.33. The summed E-state index contributed by atoms with van der Waals surface area (Å²) in [7, 11) is -1.09. The van der Waals surface area contributed by atoms with Gasteiger partial charge in [0.25, 0.3) is 0 Å². The lowest BCUT2D eigenvalue weighted by Gasteiger charge is -2.21. The van der Waals surface area contributed by atoms with Crippen LogP contribution in [0.15, 0.2) is 23.1 Å². The first-order chi connectivity index (χ1) is 9.13. The molecule has 1 aromatic carbocycles.